The van der Waals surface area contributed by atoms with Gasteiger partial charge in [0.2, 0.25) is 0 Å². The Balaban J connectivity index is 2.16. The van der Waals surface area contributed by atoms with Crippen molar-refractivity contribution in [3.63, 3.8) is 0 Å². The van der Waals surface area contributed by atoms with Crippen LogP contribution in [0.2, 0.25) is 0 Å². The minimum Gasteiger partial charge on any atom is -0.396 e. The summed E-state index contributed by atoms with van der Waals surface area (Å²) in [7, 11) is 0. The Hall–Kier alpha value is -2.13. The minimum absolute atomic E-state index is 0.0135. The highest BCUT2D eigenvalue weighted by atomic mass is 19.1. The van der Waals surface area contributed by atoms with Crippen LogP contribution in [0.3, 0.4) is 0 Å². The van der Waals surface area contributed by atoms with Crippen molar-refractivity contribution < 1.29 is 18.7 Å². The number of amides is 2. The molecule has 1 aromatic carbocycles. The first-order valence-corrected chi connectivity index (χ1v) is 7.10. The van der Waals surface area contributed by atoms with E-state index in [-0.39, 0.29) is 24.1 Å². The lowest BCUT2D eigenvalue weighted by Gasteiger charge is -2.37. The lowest BCUT2D eigenvalue weighted by atomic mass is 9.94. The predicted molar refractivity (Wildman–Crippen MR) is 79.3 cm³/mol. The van der Waals surface area contributed by atoms with Gasteiger partial charge in [-0.15, -0.1) is 6.42 Å². The first kappa shape index (κ1) is 16.2. The lowest BCUT2D eigenvalue weighted by molar-refractivity contribution is 0.107. The number of urea groups is 1. The Morgan fingerprint density at radius 1 is 1.45 bits per heavy atom. The number of hydrogen-bond donors (Lipinski definition) is 2. The summed E-state index contributed by atoms with van der Waals surface area (Å²) in [4.78, 5) is 13.7. The number of piperidine rings is 1. The van der Waals surface area contributed by atoms with Crippen LogP contribution >= 0.6 is 0 Å². The molecule has 0 radical (unpaired) electrons. The van der Waals surface area contributed by atoms with Crippen LogP contribution in [0.5, 0.6) is 0 Å². The molecule has 2 amide bonds. The van der Waals surface area contributed by atoms with Gasteiger partial charge >= 0.3 is 6.03 Å². The van der Waals surface area contributed by atoms with E-state index in [4.69, 9.17) is 6.42 Å². The van der Waals surface area contributed by atoms with E-state index in [2.05, 4.69) is 11.2 Å². The molecule has 2 atom stereocenters. The molecular weight excluding hydrogens is 290 g/mol. The molecule has 4 nitrogen and oxygen atoms in total. The van der Waals surface area contributed by atoms with Crippen molar-refractivity contribution in [1.29, 1.82) is 0 Å². The molecule has 1 fully saturated rings. The van der Waals surface area contributed by atoms with Crippen molar-refractivity contribution in [1.82, 2.24) is 4.90 Å². The number of rotatable bonds is 2. The maximum Gasteiger partial charge on any atom is 0.322 e. The van der Waals surface area contributed by atoms with Crippen molar-refractivity contribution in [3.8, 4) is 12.3 Å². The summed E-state index contributed by atoms with van der Waals surface area (Å²) in [5, 5.41) is 11.5. The number of carbonyl (C=O) groups is 1. The Morgan fingerprint density at radius 2 is 2.09 bits per heavy atom. The second-order valence-electron chi connectivity index (χ2n) is 5.52. The van der Waals surface area contributed by atoms with E-state index in [1.54, 1.807) is 0 Å². The highest BCUT2D eigenvalue weighted by molar-refractivity contribution is 5.90. The number of nitrogens with one attached hydrogen (secondary N) is 1. The van der Waals surface area contributed by atoms with Crippen LogP contribution < -0.4 is 5.32 Å². The smallest absolute Gasteiger partial charge is 0.322 e. The maximum absolute atomic E-state index is 13.9. The zero-order chi connectivity index (χ0) is 16.3. The summed E-state index contributed by atoms with van der Waals surface area (Å²) in [6, 6.07) is 1.35. The van der Waals surface area contributed by atoms with Crippen LogP contribution in [0.25, 0.3) is 0 Å². The standard InChI is InChI=1S/C16H18F2N2O2/c1-3-11-6-13(17)15(14(18)7-11)19-16(22)20-8-12(9-21)5-4-10(20)2/h1,6-7,10,12,21H,4-5,8-9H2,2H3,(H,19,22). The molecule has 118 valence electrons. The van der Waals surface area contributed by atoms with Gasteiger partial charge in [0.05, 0.1) is 0 Å². The van der Waals surface area contributed by atoms with Crippen molar-refractivity contribution in [2.45, 2.75) is 25.8 Å². The fourth-order valence-electron chi connectivity index (χ4n) is 2.57. The monoisotopic (exact) mass is 308 g/mol. The number of nitrogens with zero attached hydrogens (tertiary/aromatic N) is 1. The van der Waals surface area contributed by atoms with Crippen molar-refractivity contribution in [3.05, 3.63) is 29.3 Å². The molecule has 1 aliphatic heterocycles. The third-order valence-electron chi connectivity index (χ3n) is 3.94. The van der Waals surface area contributed by atoms with Gasteiger partial charge in [0.1, 0.15) is 5.69 Å². The second-order valence-corrected chi connectivity index (χ2v) is 5.52. The highest BCUT2D eigenvalue weighted by Crippen LogP contribution is 2.25. The zero-order valence-electron chi connectivity index (χ0n) is 12.3. The first-order chi connectivity index (χ1) is 10.5. The fourth-order valence-corrected chi connectivity index (χ4v) is 2.57. The van der Waals surface area contributed by atoms with Crippen molar-refractivity contribution >= 4 is 11.7 Å². The van der Waals surface area contributed by atoms with E-state index >= 15 is 0 Å². The van der Waals surface area contributed by atoms with Gasteiger partial charge in [-0.3, -0.25) is 0 Å². The Labute approximate surface area is 128 Å². The molecule has 0 saturated carbocycles. The van der Waals surface area contributed by atoms with Crippen LogP contribution in [0.1, 0.15) is 25.3 Å². The van der Waals surface area contributed by atoms with E-state index in [0.717, 1.165) is 25.0 Å². The number of hydrogen-bond acceptors (Lipinski definition) is 2. The van der Waals surface area contributed by atoms with Crippen LogP contribution in [0, 0.1) is 29.9 Å². The molecule has 2 rings (SSSR count). The molecule has 1 heterocycles. The third kappa shape index (κ3) is 3.37. The SMILES string of the molecule is C#Cc1cc(F)c(NC(=O)N2CC(CO)CCC2C)c(F)c1. The number of anilines is 1. The van der Waals surface area contributed by atoms with Gasteiger partial charge in [0.15, 0.2) is 11.6 Å². The average Bonchev–Trinajstić information content (AvgIpc) is 2.50. The molecule has 0 bridgehead atoms. The minimum atomic E-state index is -0.912. The molecule has 1 aromatic rings. The lowest BCUT2D eigenvalue weighted by Crippen LogP contribution is -2.48. The maximum atomic E-state index is 13.9. The van der Waals surface area contributed by atoms with Gasteiger partial charge in [0, 0.05) is 24.8 Å². The van der Waals surface area contributed by atoms with Gasteiger partial charge in [-0.25, -0.2) is 13.6 Å². The molecule has 22 heavy (non-hydrogen) atoms. The van der Waals surface area contributed by atoms with Crippen molar-refractivity contribution in [2.75, 3.05) is 18.5 Å². The Kier molecular flexibility index (Phi) is 4.99. The summed E-state index contributed by atoms with van der Waals surface area (Å²) in [5.41, 5.74) is -0.443. The third-order valence-corrected chi connectivity index (χ3v) is 3.94. The normalized spacial score (nSPS) is 21.3. The van der Waals surface area contributed by atoms with Crippen LogP contribution in [-0.2, 0) is 0 Å². The number of aliphatic hydroxyl groups is 1. The van der Waals surface area contributed by atoms with Crippen LogP contribution in [-0.4, -0.2) is 35.2 Å². The van der Waals surface area contributed by atoms with E-state index in [1.807, 2.05) is 6.92 Å². The van der Waals surface area contributed by atoms with E-state index < -0.39 is 23.4 Å². The van der Waals surface area contributed by atoms with Gasteiger partial charge in [0.25, 0.3) is 0 Å². The summed E-state index contributed by atoms with van der Waals surface area (Å²) >= 11 is 0. The molecule has 6 heteroatoms. The highest BCUT2D eigenvalue weighted by Gasteiger charge is 2.29. The largest absolute Gasteiger partial charge is 0.396 e. The molecule has 2 unspecified atom stereocenters. The summed E-state index contributed by atoms with van der Waals surface area (Å²) < 4.78 is 27.7. The second kappa shape index (κ2) is 6.75. The van der Waals surface area contributed by atoms with Gasteiger partial charge in [-0.1, -0.05) is 5.92 Å². The predicted octanol–water partition coefficient (Wildman–Crippen LogP) is 2.57. The van der Waals surface area contributed by atoms with Gasteiger partial charge < -0.3 is 15.3 Å². The quantitative estimate of drug-likeness (QED) is 0.825. The molecule has 2 N–H and O–H groups in total. The van der Waals surface area contributed by atoms with E-state index in [0.29, 0.717) is 6.54 Å². The molecule has 0 aliphatic carbocycles. The number of aliphatic hydroxyl groups excluding tert-OH is 1. The molecular formula is C16H18F2N2O2. The molecule has 1 aliphatic rings. The number of benzene rings is 1. The van der Waals surface area contributed by atoms with E-state index in [9.17, 15) is 18.7 Å². The molecule has 0 aromatic heterocycles. The summed E-state index contributed by atoms with van der Waals surface area (Å²) in [6.45, 7) is 2.20. The summed E-state index contributed by atoms with van der Waals surface area (Å²) in [5.74, 6) is 0.304. The number of carbonyl (C=O) groups excluding carboxylic acids is 1. The summed E-state index contributed by atoms with van der Waals surface area (Å²) in [6.07, 6.45) is 6.66. The Bertz CT molecular complexity index is 590. The fraction of sp³-hybridized carbons (Fsp3) is 0.438. The Morgan fingerprint density at radius 3 is 2.64 bits per heavy atom. The van der Waals surface area contributed by atoms with Crippen LogP contribution in [0.4, 0.5) is 19.3 Å². The van der Waals surface area contributed by atoms with Gasteiger partial charge in [-0.05, 0) is 37.8 Å². The molecule has 1 saturated heterocycles. The average molecular weight is 308 g/mol. The van der Waals surface area contributed by atoms with E-state index in [1.165, 1.54) is 4.90 Å². The van der Waals surface area contributed by atoms with Crippen LogP contribution in [0.15, 0.2) is 12.1 Å². The van der Waals surface area contributed by atoms with Gasteiger partial charge in [-0.2, -0.15) is 0 Å². The first-order valence-electron chi connectivity index (χ1n) is 7.10. The zero-order valence-corrected chi connectivity index (χ0v) is 12.3. The number of likely N-dealkylation sites (tertiary alicyclic amines) is 1. The molecule has 0 spiro atoms. The topological polar surface area (TPSA) is 52.6 Å². The number of halogens is 2. The number of terminal acetylenes is 1. The van der Waals surface area contributed by atoms with Crippen molar-refractivity contribution in [2.24, 2.45) is 5.92 Å².